The van der Waals surface area contributed by atoms with Crippen molar-refractivity contribution < 1.29 is 9.90 Å². The maximum atomic E-state index is 10.6. The molecule has 1 aromatic heterocycles. The molecule has 0 aliphatic carbocycles. The highest BCUT2D eigenvalue weighted by Crippen LogP contribution is 2.23. The number of benzene rings is 1. The van der Waals surface area contributed by atoms with Crippen LogP contribution in [0.4, 0.5) is 0 Å². The van der Waals surface area contributed by atoms with Gasteiger partial charge in [0.05, 0.1) is 12.1 Å². The van der Waals surface area contributed by atoms with Crippen molar-refractivity contribution >= 4 is 29.1 Å². The summed E-state index contributed by atoms with van der Waals surface area (Å²) >= 11 is 3.29. The van der Waals surface area contributed by atoms with Crippen molar-refractivity contribution in [2.24, 2.45) is 0 Å². The van der Waals surface area contributed by atoms with Crippen LogP contribution < -0.4 is 0 Å². The lowest BCUT2D eigenvalue weighted by molar-refractivity contribution is -0.136. The molecule has 2 rings (SSSR count). The van der Waals surface area contributed by atoms with Gasteiger partial charge in [-0.25, -0.2) is 4.98 Å². The quantitative estimate of drug-likeness (QED) is 0.882. The molecule has 0 radical (unpaired) electrons. The minimum absolute atomic E-state index is 0.00408. The minimum atomic E-state index is -0.840. The summed E-state index contributed by atoms with van der Waals surface area (Å²) in [6.45, 7) is 2.15. The second-order valence-corrected chi connectivity index (χ2v) is 6.25. The van der Waals surface area contributed by atoms with Crippen molar-refractivity contribution in [3.8, 4) is 11.3 Å². The minimum Gasteiger partial charge on any atom is -0.481 e. The summed E-state index contributed by atoms with van der Waals surface area (Å²) in [6.07, 6.45) is -0.00408. The first-order valence-corrected chi connectivity index (χ1v) is 8.05. The van der Waals surface area contributed by atoms with Gasteiger partial charge in [-0.05, 0) is 11.3 Å². The van der Waals surface area contributed by atoms with E-state index in [2.05, 4.69) is 24.0 Å². The van der Waals surface area contributed by atoms with Gasteiger partial charge in [-0.2, -0.15) is 11.8 Å². The molecule has 0 saturated carbocycles. The third-order valence-corrected chi connectivity index (χ3v) is 4.37. The summed E-state index contributed by atoms with van der Waals surface area (Å²) < 4.78 is 0. The Morgan fingerprint density at radius 1 is 1.37 bits per heavy atom. The zero-order chi connectivity index (χ0) is 13.7. The van der Waals surface area contributed by atoms with Gasteiger partial charge in [-0.1, -0.05) is 31.2 Å². The van der Waals surface area contributed by atoms with E-state index >= 15 is 0 Å². The van der Waals surface area contributed by atoms with Crippen molar-refractivity contribution in [2.75, 3.05) is 5.75 Å². The van der Waals surface area contributed by atoms with Gasteiger partial charge < -0.3 is 5.11 Å². The van der Waals surface area contributed by atoms with Crippen LogP contribution in [0.2, 0.25) is 0 Å². The van der Waals surface area contributed by atoms with Crippen LogP contribution in [0.1, 0.15) is 17.5 Å². The van der Waals surface area contributed by atoms with E-state index in [9.17, 15) is 4.79 Å². The highest BCUT2D eigenvalue weighted by molar-refractivity contribution is 7.98. The van der Waals surface area contributed by atoms with E-state index in [0.717, 1.165) is 22.8 Å². The Hall–Kier alpha value is -1.33. The van der Waals surface area contributed by atoms with E-state index in [1.165, 1.54) is 16.9 Å². The molecule has 0 spiro atoms. The molecule has 3 nitrogen and oxygen atoms in total. The molecule has 0 aliphatic rings. The molecule has 1 aromatic carbocycles. The molecular formula is C14H15NO2S2. The average Bonchev–Trinajstić information content (AvgIpc) is 2.84. The van der Waals surface area contributed by atoms with Gasteiger partial charge in [-0.15, -0.1) is 11.3 Å². The lowest BCUT2D eigenvalue weighted by atomic mass is 10.1. The molecule has 0 bridgehead atoms. The Labute approximate surface area is 120 Å². The van der Waals surface area contributed by atoms with E-state index in [-0.39, 0.29) is 6.42 Å². The summed E-state index contributed by atoms with van der Waals surface area (Å²) in [5, 5.41) is 11.3. The monoisotopic (exact) mass is 293 g/mol. The molecule has 0 atom stereocenters. The number of hydrogen-bond donors (Lipinski definition) is 1. The first kappa shape index (κ1) is 14.1. The number of thiazole rings is 1. The van der Waals surface area contributed by atoms with Crippen LogP contribution in [0, 0.1) is 0 Å². The number of carbonyl (C=O) groups is 1. The fourth-order valence-electron chi connectivity index (χ4n) is 1.65. The topological polar surface area (TPSA) is 50.2 Å². The lowest BCUT2D eigenvalue weighted by Crippen LogP contribution is -1.99. The average molecular weight is 293 g/mol. The van der Waals surface area contributed by atoms with Crippen LogP contribution in [0.25, 0.3) is 11.3 Å². The SMILES string of the molecule is CCSCc1ccc(-c2csc(CC(=O)O)n2)cc1. The molecule has 1 N–H and O–H groups in total. The van der Waals surface area contributed by atoms with E-state index < -0.39 is 5.97 Å². The number of carboxylic acid groups (broad SMARTS) is 1. The molecule has 0 fully saturated rings. The molecule has 100 valence electrons. The van der Waals surface area contributed by atoms with E-state index in [4.69, 9.17) is 5.11 Å². The second kappa shape index (κ2) is 6.73. The fraction of sp³-hybridized carbons (Fsp3) is 0.286. The standard InChI is InChI=1S/C14H15NO2S2/c1-2-18-8-10-3-5-11(6-4-10)12-9-19-13(15-12)7-14(16)17/h3-6,9H,2,7-8H2,1H3,(H,16,17). The Morgan fingerprint density at radius 2 is 2.11 bits per heavy atom. The predicted octanol–water partition coefficient (Wildman–Crippen LogP) is 3.69. The number of aromatic nitrogens is 1. The van der Waals surface area contributed by atoms with Crippen LogP contribution in [0.3, 0.4) is 0 Å². The van der Waals surface area contributed by atoms with Gasteiger partial charge in [0.1, 0.15) is 5.01 Å². The van der Waals surface area contributed by atoms with Crippen molar-refractivity contribution in [3.05, 3.63) is 40.2 Å². The van der Waals surface area contributed by atoms with Gasteiger partial charge in [0.2, 0.25) is 0 Å². The largest absolute Gasteiger partial charge is 0.481 e. The second-order valence-electron chi connectivity index (χ2n) is 4.03. The van der Waals surface area contributed by atoms with E-state index in [1.54, 1.807) is 0 Å². The Balaban J connectivity index is 2.09. The highest BCUT2D eigenvalue weighted by Gasteiger charge is 2.07. The maximum absolute atomic E-state index is 10.6. The summed E-state index contributed by atoms with van der Waals surface area (Å²) in [6, 6.07) is 8.30. The summed E-state index contributed by atoms with van der Waals surface area (Å²) in [4.78, 5) is 15.0. The number of aliphatic carboxylic acids is 1. The first-order chi connectivity index (χ1) is 9.19. The van der Waals surface area contributed by atoms with Crippen LogP contribution in [-0.2, 0) is 17.0 Å². The zero-order valence-corrected chi connectivity index (χ0v) is 12.3. The summed E-state index contributed by atoms with van der Waals surface area (Å²) in [5.41, 5.74) is 3.20. The fourth-order valence-corrected chi connectivity index (χ4v) is 3.07. The molecule has 19 heavy (non-hydrogen) atoms. The smallest absolute Gasteiger partial charge is 0.310 e. The van der Waals surface area contributed by atoms with Crippen molar-refractivity contribution in [3.63, 3.8) is 0 Å². The number of thioether (sulfide) groups is 1. The molecule has 0 amide bonds. The molecule has 0 saturated heterocycles. The Bertz CT molecular complexity index is 549. The number of carboxylic acids is 1. The van der Waals surface area contributed by atoms with Gasteiger partial charge in [0.15, 0.2) is 0 Å². The van der Waals surface area contributed by atoms with E-state index in [0.29, 0.717) is 5.01 Å². The van der Waals surface area contributed by atoms with Crippen LogP contribution in [0.5, 0.6) is 0 Å². The van der Waals surface area contributed by atoms with Crippen LogP contribution in [0.15, 0.2) is 29.6 Å². The van der Waals surface area contributed by atoms with E-state index in [1.807, 2.05) is 29.3 Å². The molecule has 1 heterocycles. The zero-order valence-electron chi connectivity index (χ0n) is 10.6. The van der Waals surface area contributed by atoms with Crippen LogP contribution in [-0.4, -0.2) is 21.8 Å². The molecule has 5 heteroatoms. The number of nitrogens with zero attached hydrogens (tertiary/aromatic N) is 1. The van der Waals surface area contributed by atoms with Gasteiger partial charge in [-0.3, -0.25) is 4.79 Å². The Morgan fingerprint density at radius 3 is 2.74 bits per heavy atom. The molecular weight excluding hydrogens is 278 g/mol. The van der Waals surface area contributed by atoms with Gasteiger partial charge in [0.25, 0.3) is 0 Å². The third-order valence-electron chi connectivity index (χ3n) is 2.58. The summed E-state index contributed by atoms with van der Waals surface area (Å²) in [7, 11) is 0. The number of rotatable bonds is 6. The van der Waals surface area contributed by atoms with Gasteiger partial charge >= 0.3 is 5.97 Å². The highest BCUT2D eigenvalue weighted by atomic mass is 32.2. The maximum Gasteiger partial charge on any atom is 0.310 e. The van der Waals surface area contributed by atoms with Crippen molar-refractivity contribution in [2.45, 2.75) is 19.1 Å². The predicted molar refractivity (Wildman–Crippen MR) is 80.7 cm³/mol. The molecule has 0 aliphatic heterocycles. The van der Waals surface area contributed by atoms with Crippen molar-refractivity contribution in [1.82, 2.24) is 4.98 Å². The number of hydrogen-bond acceptors (Lipinski definition) is 4. The van der Waals surface area contributed by atoms with Gasteiger partial charge in [0, 0.05) is 16.7 Å². The first-order valence-electron chi connectivity index (χ1n) is 6.02. The Kier molecular flexibility index (Phi) is 4.99. The summed E-state index contributed by atoms with van der Waals surface area (Å²) in [5.74, 6) is 1.30. The molecule has 0 unspecified atom stereocenters. The van der Waals surface area contributed by atoms with Crippen molar-refractivity contribution in [1.29, 1.82) is 0 Å². The normalized spacial score (nSPS) is 10.6. The molecule has 2 aromatic rings. The van der Waals surface area contributed by atoms with Crippen LogP contribution >= 0.6 is 23.1 Å². The lowest BCUT2D eigenvalue weighted by Gasteiger charge is -2.01. The third kappa shape index (κ3) is 4.08.